The number of nitrogens with zero attached hydrogens (tertiary/aromatic N) is 1. The zero-order valence-corrected chi connectivity index (χ0v) is 8.80. The molecule has 0 saturated carbocycles. The first-order valence-corrected chi connectivity index (χ1v) is 4.82. The lowest BCUT2D eigenvalue weighted by molar-refractivity contribution is 1.31. The van der Waals surface area contributed by atoms with Gasteiger partial charge in [0.1, 0.15) is 5.82 Å². The monoisotopic (exact) mass is 236 g/mol. The van der Waals surface area contributed by atoms with Crippen LogP contribution < -0.4 is 5.32 Å². The summed E-state index contributed by atoms with van der Waals surface area (Å²) in [5.41, 5.74) is 0. The van der Waals surface area contributed by atoms with Crippen LogP contribution in [-0.2, 0) is 0 Å². The summed E-state index contributed by atoms with van der Waals surface area (Å²) in [4.78, 5) is 4.23. The van der Waals surface area contributed by atoms with Gasteiger partial charge in [0, 0.05) is 23.1 Å². The molecule has 0 amide bonds. The molecule has 3 heteroatoms. The maximum atomic E-state index is 4.23. The van der Waals surface area contributed by atoms with Crippen LogP contribution in [0.1, 0.15) is 0 Å². The van der Waals surface area contributed by atoms with Gasteiger partial charge in [0.25, 0.3) is 0 Å². The van der Waals surface area contributed by atoms with E-state index in [1.54, 1.807) is 0 Å². The van der Waals surface area contributed by atoms with Crippen molar-refractivity contribution in [1.82, 2.24) is 4.98 Å². The van der Waals surface area contributed by atoms with Gasteiger partial charge in [-0.05, 0) is 23.6 Å². The molecule has 1 aromatic carbocycles. The zero-order valence-electron chi connectivity index (χ0n) is 7.21. The van der Waals surface area contributed by atoms with E-state index < -0.39 is 0 Å². The molecule has 1 heterocycles. The molecular formula is C10H9BrN2. The van der Waals surface area contributed by atoms with E-state index in [2.05, 4.69) is 38.4 Å². The first-order valence-electron chi connectivity index (χ1n) is 4.03. The summed E-state index contributed by atoms with van der Waals surface area (Å²) in [6.07, 6.45) is 1.81. The molecule has 0 fully saturated rings. The van der Waals surface area contributed by atoms with E-state index in [0.717, 1.165) is 15.7 Å². The predicted octanol–water partition coefficient (Wildman–Crippen LogP) is 3.04. The summed E-state index contributed by atoms with van der Waals surface area (Å²) >= 11 is 3.44. The highest BCUT2D eigenvalue weighted by Gasteiger charge is 1.99. The maximum Gasteiger partial charge on any atom is 0.133 e. The average Bonchev–Trinajstić information content (AvgIpc) is 2.17. The number of nitrogens with one attached hydrogen (secondary N) is 1. The van der Waals surface area contributed by atoms with E-state index in [-0.39, 0.29) is 0 Å². The van der Waals surface area contributed by atoms with Gasteiger partial charge in [-0.1, -0.05) is 22.0 Å². The number of pyridine rings is 1. The third-order valence-corrected chi connectivity index (χ3v) is 2.46. The van der Waals surface area contributed by atoms with Gasteiger partial charge in [-0.15, -0.1) is 0 Å². The van der Waals surface area contributed by atoms with Gasteiger partial charge in [-0.25, -0.2) is 4.98 Å². The van der Waals surface area contributed by atoms with Gasteiger partial charge < -0.3 is 5.32 Å². The highest BCUT2D eigenvalue weighted by atomic mass is 79.9. The fraction of sp³-hybridized carbons (Fsp3) is 0.100. The lowest BCUT2D eigenvalue weighted by Crippen LogP contribution is -1.92. The molecule has 0 radical (unpaired) electrons. The SMILES string of the molecule is CNc1nccc2ccc(Br)cc12. The zero-order chi connectivity index (χ0) is 9.26. The van der Waals surface area contributed by atoms with Crippen molar-refractivity contribution in [3.63, 3.8) is 0 Å². The summed E-state index contributed by atoms with van der Waals surface area (Å²) in [6, 6.07) is 8.17. The quantitative estimate of drug-likeness (QED) is 0.824. The van der Waals surface area contributed by atoms with Crippen LogP contribution in [0.3, 0.4) is 0 Å². The number of halogens is 1. The van der Waals surface area contributed by atoms with Crippen molar-refractivity contribution in [3.8, 4) is 0 Å². The highest BCUT2D eigenvalue weighted by Crippen LogP contribution is 2.24. The molecule has 0 aliphatic carbocycles. The number of anilines is 1. The van der Waals surface area contributed by atoms with Crippen molar-refractivity contribution in [2.24, 2.45) is 0 Å². The molecule has 0 spiro atoms. The molecule has 1 N–H and O–H groups in total. The molecule has 0 aliphatic rings. The smallest absolute Gasteiger partial charge is 0.133 e. The van der Waals surface area contributed by atoms with Crippen molar-refractivity contribution >= 4 is 32.5 Å². The standard InChI is InChI=1S/C10H9BrN2/c1-12-10-9-6-8(11)3-2-7(9)4-5-13-10/h2-6H,1H3,(H,12,13). The molecule has 13 heavy (non-hydrogen) atoms. The molecule has 2 nitrogen and oxygen atoms in total. The Morgan fingerprint density at radius 3 is 2.92 bits per heavy atom. The second kappa shape index (κ2) is 3.34. The fourth-order valence-corrected chi connectivity index (χ4v) is 1.70. The molecule has 66 valence electrons. The number of aromatic nitrogens is 1. The predicted molar refractivity (Wildman–Crippen MR) is 59.0 cm³/mol. The van der Waals surface area contributed by atoms with Crippen LogP contribution in [0.4, 0.5) is 5.82 Å². The molecule has 2 aromatic rings. The minimum absolute atomic E-state index is 0.916. The van der Waals surface area contributed by atoms with E-state index in [9.17, 15) is 0 Å². The van der Waals surface area contributed by atoms with Crippen molar-refractivity contribution in [2.75, 3.05) is 12.4 Å². The van der Waals surface area contributed by atoms with E-state index in [4.69, 9.17) is 0 Å². The van der Waals surface area contributed by atoms with Crippen LogP contribution in [0.25, 0.3) is 10.8 Å². The molecular weight excluding hydrogens is 228 g/mol. The Labute approximate surface area is 85.1 Å². The Kier molecular flexibility index (Phi) is 2.19. The third kappa shape index (κ3) is 1.52. The van der Waals surface area contributed by atoms with Crippen molar-refractivity contribution < 1.29 is 0 Å². The minimum atomic E-state index is 0.916. The summed E-state index contributed by atoms with van der Waals surface area (Å²) in [5.74, 6) is 0.916. The van der Waals surface area contributed by atoms with E-state index in [1.165, 1.54) is 5.39 Å². The second-order valence-electron chi connectivity index (χ2n) is 2.78. The van der Waals surface area contributed by atoms with Crippen molar-refractivity contribution in [3.05, 3.63) is 34.9 Å². The Bertz CT molecular complexity index is 440. The van der Waals surface area contributed by atoms with Crippen LogP contribution in [0.5, 0.6) is 0 Å². The van der Waals surface area contributed by atoms with Crippen molar-refractivity contribution in [1.29, 1.82) is 0 Å². The number of benzene rings is 1. The van der Waals surface area contributed by atoms with Gasteiger partial charge in [0.05, 0.1) is 0 Å². The van der Waals surface area contributed by atoms with Crippen LogP contribution in [-0.4, -0.2) is 12.0 Å². The number of hydrogen-bond donors (Lipinski definition) is 1. The van der Waals surface area contributed by atoms with Crippen LogP contribution >= 0.6 is 15.9 Å². The van der Waals surface area contributed by atoms with Gasteiger partial charge in [-0.2, -0.15) is 0 Å². The van der Waals surface area contributed by atoms with Crippen LogP contribution in [0.15, 0.2) is 34.9 Å². The largest absolute Gasteiger partial charge is 0.373 e. The summed E-state index contributed by atoms with van der Waals surface area (Å²) < 4.78 is 1.07. The van der Waals surface area contributed by atoms with Crippen LogP contribution in [0.2, 0.25) is 0 Å². The number of rotatable bonds is 1. The Hall–Kier alpha value is -1.09. The van der Waals surface area contributed by atoms with Gasteiger partial charge in [0.2, 0.25) is 0 Å². The summed E-state index contributed by atoms with van der Waals surface area (Å²) in [7, 11) is 1.88. The number of fused-ring (bicyclic) bond motifs is 1. The van der Waals surface area contributed by atoms with Crippen LogP contribution in [0, 0.1) is 0 Å². The van der Waals surface area contributed by atoms with Crippen molar-refractivity contribution in [2.45, 2.75) is 0 Å². The molecule has 0 bridgehead atoms. The van der Waals surface area contributed by atoms with Gasteiger partial charge >= 0.3 is 0 Å². The highest BCUT2D eigenvalue weighted by molar-refractivity contribution is 9.10. The first-order chi connectivity index (χ1) is 6.31. The minimum Gasteiger partial charge on any atom is -0.373 e. The maximum absolute atomic E-state index is 4.23. The lowest BCUT2D eigenvalue weighted by Gasteiger charge is -2.04. The Morgan fingerprint density at radius 2 is 2.15 bits per heavy atom. The Morgan fingerprint density at radius 1 is 1.31 bits per heavy atom. The average molecular weight is 237 g/mol. The topological polar surface area (TPSA) is 24.9 Å². The Balaban J connectivity index is 2.79. The molecule has 0 saturated heterocycles. The van der Waals surface area contributed by atoms with Gasteiger partial charge in [-0.3, -0.25) is 0 Å². The van der Waals surface area contributed by atoms with E-state index in [0.29, 0.717) is 0 Å². The molecule has 0 aliphatic heterocycles. The molecule has 0 unspecified atom stereocenters. The second-order valence-corrected chi connectivity index (χ2v) is 3.69. The fourth-order valence-electron chi connectivity index (χ4n) is 1.34. The molecule has 0 atom stereocenters. The molecule has 1 aromatic heterocycles. The van der Waals surface area contributed by atoms with Gasteiger partial charge in [0.15, 0.2) is 0 Å². The lowest BCUT2D eigenvalue weighted by atomic mass is 10.1. The number of hydrogen-bond acceptors (Lipinski definition) is 2. The van der Waals surface area contributed by atoms with E-state index in [1.807, 2.05) is 25.4 Å². The summed E-state index contributed by atoms with van der Waals surface area (Å²) in [5, 5.41) is 5.40. The first kappa shape index (κ1) is 8.51. The normalized spacial score (nSPS) is 10.3. The molecule has 2 rings (SSSR count). The summed E-state index contributed by atoms with van der Waals surface area (Å²) in [6.45, 7) is 0. The third-order valence-electron chi connectivity index (χ3n) is 1.96. The van der Waals surface area contributed by atoms with E-state index >= 15 is 0 Å².